The Morgan fingerprint density at radius 3 is 2.93 bits per heavy atom. The summed E-state index contributed by atoms with van der Waals surface area (Å²) in [7, 11) is 0. The molecule has 1 aromatic carbocycles. The third-order valence-electron chi connectivity index (χ3n) is 2.92. The number of rotatable bonds is 2. The highest BCUT2D eigenvalue weighted by Gasteiger charge is 2.18. The quantitative estimate of drug-likeness (QED) is 0.690. The lowest BCUT2D eigenvalue weighted by atomic mass is 9.96. The van der Waals surface area contributed by atoms with Crippen LogP contribution in [0.3, 0.4) is 0 Å². The van der Waals surface area contributed by atoms with E-state index >= 15 is 0 Å². The summed E-state index contributed by atoms with van der Waals surface area (Å²) < 4.78 is 5.44. The van der Waals surface area contributed by atoms with E-state index in [0.717, 1.165) is 12.2 Å². The number of aryl methyl sites for hydroxylation is 1. The summed E-state index contributed by atoms with van der Waals surface area (Å²) in [6.45, 7) is 8.99. The van der Waals surface area contributed by atoms with E-state index in [9.17, 15) is 0 Å². The molecule has 1 aliphatic rings. The maximum absolute atomic E-state index is 5.44. The largest absolute Gasteiger partial charge is 0.489 e. The zero-order valence-electron chi connectivity index (χ0n) is 8.89. The fourth-order valence-electron chi connectivity index (χ4n) is 2.03. The van der Waals surface area contributed by atoms with Gasteiger partial charge in [-0.1, -0.05) is 32.1 Å². The van der Waals surface area contributed by atoms with Gasteiger partial charge in [0.05, 0.1) is 0 Å². The maximum Gasteiger partial charge on any atom is 0.120 e. The Morgan fingerprint density at radius 2 is 2.21 bits per heavy atom. The molecule has 0 aromatic heterocycles. The van der Waals surface area contributed by atoms with Crippen LogP contribution in [0.4, 0.5) is 0 Å². The zero-order chi connectivity index (χ0) is 10.1. The molecule has 1 heteroatoms. The molecule has 0 unspecified atom stereocenters. The molecule has 0 fully saturated rings. The summed E-state index contributed by atoms with van der Waals surface area (Å²) in [4.78, 5) is 0. The summed E-state index contributed by atoms with van der Waals surface area (Å²) in [5.41, 5.74) is 5.37. The Morgan fingerprint density at radius 1 is 1.43 bits per heavy atom. The van der Waals surface area contributed by atoms with Gasteiger partial charge in [0.1, 0.15) is 12.4 Å². The van der Waals surface area contributed by atoms with Gasteiger partial charge < -0.3 is 4.74 Å². The molecule has 0 aliphatic carbocycles. The van der Waals surface area contributed by atoms with E-state index in [0.29, 0.717) is 6.61 Å². The lowest BCUT2D eigenvalue weighted by Crippen LogP contribution is -1.94. The first-order chi connectivity index (χ1) is 6.74. The maximum atomic E-state index is 5.44. The Balaban J connectivity index is 2.47. The lowest BCUT2D eigenvalue weighted by Gasteiger charge is -2.07. The van der Waals surface area contributed by atoms with Gasteiger partial charge in [-0.25, -0.2) is 0 Å². The third kappa shape index (κ3) is 1.33. The van der Waals surface area contributed by atoms with Gasteiger partial charge in [0, 0.05) is 11.1 Å². The van der Waals surface area contributed by atoms with Crippen LogP contribution in [0.2, 0.25) is 0 Å². The second kappa shape index (κ2) is 3.49. The third-order valence-corrected chi connectivity index (χ3v) is 2.92. The molecule has 0 saturated heterocycles. The number of fused-ring (bicyclic) bond motifs is 1. The van der Waals surface area contributed by atoms with Crippen molar-refractivity contribution in [2.45, 2.75) is 33.3 Å². The van der Waals surface area contributed by atoms with Crippen LogP contribution in [0.25, 0.3) is 5.76 Å². The normalized spacial score (nSPS) is 14.0. The van der Waals surface area contributed by atoms with Crippen molar-refractivity contribution in [3.8, 4) is 0 Å². The van der Waals surface area contributed by atoms with Crippen LogP contribution in [0.1, 0.15) is 35.6 Å². The molecule has 1 heterocycles. The number of benzene rings is 1. The summed E-state index contributed by atoms with van der Waals surface area (Å²) in [6.07, 6.45) is 2.35. The van der Waals surface area contributed by atoms with Crippen LogP contribution in [0, 0.1) is 6.92 Å². The second-order valence-corrected chi connectivity index (χ2v) is 3.84. The van der Waals surface area contributed by atoms with Crippen molar-refractivity contribution >= 4 is 5.76 Å². The highest BCUT2D eigenvalue weighted by atomic mass is 16.5. The van der Waals surface area contributed by atoms with Gasteiger partial charge in [0.2, 0.25) is 0 Å². The molecule has 14 heavy (non-hydrogen) atoms. The molecular formula is C13H16O. The van der Waals surface area contributed by atoms with E-state index in [2.05, 4.69) is 32.6 Å². The van der Waals surface area contributed by atoms with Crippen molar-refractivity contribution in [3.05, 3.63) is 41.0 Å². The summed E-state index contributed by atoms with van der Waals surface area (Å²) in [6, 6.07) is 4.35. The van der Waals surface area contributed by atoms with Crippen LogP contribution >= 0.6 is 0 Å². The molecule has 0 bridgehead atoms. The van der Waals surface area contributed by atoms with E-state index < -0.39 is 0 Å². The highest BCUT2D eigenvalue weighted by molar-refractivity contribution is 5.66. The van der Waals surface area contributed by atoms with E-state index in [1.54, 1.807) is 0 Å². The second-order valence-electron chi connectivity index (χ2n) is 3.84. The average molecular weight is 188 g/mol. The summed E-state index contributed by atoms with van der Waals surface area (Å²) in [5, 5.41) is 0. The Labute approximate surface area is 85.4 Å². The van der Waals surface area contributed by atoms with Crippen molar-refractivity contribution in [1.29, 1.82) is 0 Å². The van der Waals surface area contributed by atoms with E-state index in [1.807, 2.05) is 0 Å². The highest BCUT2D eigenvalue weighted by Crippen LogP contribution is 2.32. The number of hydrogen-bond donors (Lipinski definition) is 0. The minimum atomic E-state index is 0.706. The SMILES string of the molecule is C=C1OCc2c1ccc(CCC)c2C. The predicted molar refractivity (Wildman–Crippen MR) is 59.0 cm³/mol. The van der Waals surface area contributed by atoms with E-state index in [4.69, 9.17) is 4.74 Å². The fraction of sp³-hybridized carbons (Fsp3) is 0.385. The van der Waals surface area contributed by atoms with Gasteiger partial charge in [-0.3, -0.25) is 0 Å². The molecule has 0 saturated carbocycles. The minimum Gasteiger partial charge on any atom is -0.489 e. The lowest BCUT2D eigenvalue weighted by molar-refractivity contribution is 0.286. The topological polar surface area (TPSA) is 9.23 Å². The molecule has 0 spiro atoms. The number of ether oxygens (including phenoxy) is 1. The van der Waals surface area contributed by atoms with Gasteiger partial charge in [-0.2, -0.15) is 0 Å². The molecule has 74 valence electrons. The van der Waals surface area contributed by atoms with Gasteiger partial charge >= 0.3 is 0 Å². The Hall–Kier alpha value is -1.24. The van der Waals surface area contributed by atoms with E-state index in [1.165, 1.54) is 28.7 Å². The van der Waals surface area contributed by atoms with Gasteiger partial charge in [0.25, 0.3) is 0 Å². The average Bonchev–Trinajstić information content (AvgIpc) is 2.54. The van der Waals surface area contributed by atoms with Crippen molar-refractivity contribution < 1.29 is 4.74 Å². The molecular weight excluding hydrogens is 172 g/mol. The van der Waals surface area contributed by atoms with Gasteiger partial charge in [-0.05, 0) is 24.5 Å². The first-order valence-electron chi connectivity index (χ1n) is 5.17. The van der Waals surface area contributed by atoms with Gasteiger partial charge in [-0.15, -0.1) is 0 Å². The molecule has 0 atom stereocenters. The minimum absolute atomic E-state index is 0.706. The molecule has 0 amide bonds. The van der Waals surface area contributed by atoms with Crippen LogP contribution in [-0.4, -0.2) is 0 Å². The Kier molecular flexibility index (Phi) is 2.32. The van der Waals surface area contributed by atoms with Crippen molar-refractivity contribution in [3.63, 3.8) is 0 Å². The molecule has 1 aromatic rings. The van der Waals surface area contributed by atoms with Crippen LogP contribution in [0.5, 0.6) is 0 Å². The van der Waals surface area contributed by atoms with Crippen molar-refractivity contribution in [1.82, 2.24) is 0 Å². The molecule has 1 nitrogen and oxygen atoms in total. The first kappa shape index (κ1) is 9.32. The van der Waals surface area contributed by atoms with E-state index in [-0.39, 0.29) is 0 Å². The van der Waals surface area contributed by atoms with Crippen LogP contribution in [-0.2, 0) is 17.8 Å². The predicted octanol–water partition coefficient (Wildman–Crippen LogP) is 3.45. The monoisotopic (exact) mass is 188 g/mol. The Bertz CT molecular complexity index is 377. The van der Waals surface area contributed by atoms with Crippen molar-refractivity contribution in [2.24, 2.45) is 0 Å². The molecule has 0 N–H and O–H groups in total. The zero-order valence-corrected chi connectivity index (χ0v) is 8.89. The molecule has 1 aliphatic heterocycles. The number of hydrogen-bond acceptors (Lipinski definition) is 1. The fourth-order valence-corrected chi connectivity index (χ4v) is 2.03. The first-order valence-corrected chi connectivity index (χ1v) is 5.17. The molecule has 2 rings (SSSR count). The standard InChI is InChI=1S/C13H16O/c1-4-5-11-6-7-12-10(3)14-8-13(12)9(11)2/h6-7H,3-5,8H2,1-2H3. The van der Waals surface area contributed by atoms with Gasteiger partial charge in [0.15, 0.2) is 0 Å². The van der Waals surface area contributed by atoms with Crippen LogP contribution < -0.4 is 0 Å². The summed E-state index contributed by atoms with van der Waals surface area (Å²) >= 11 is 0. The smallest absolute Gasteiger partial charge is 0.120 e. The van der Waals surface area contributed by atoms with Crippen LogP contribution in [0.15, 0.2) is 18.7 Å². The summed E-state index contributed by atoms with van der Waals surface area (Å²) in [5.74, 6) is 0.825. The molecule has 0 radical (unpaired) electrons. The van der Waals surface area contributed by atoms with Crippen molar-refractivity contribution in [2.75, 3.05) is 0 Å².